The quantitative estimate of drug-likeness (QED) is 0.579. The van der Waals surface area contributed by atoms with Crippen LogP contribution in [0.25, 0.3) is 4.98 Å². The Kier molecular flexibility index (Phi) is 2.52. The smallest absolute Gasteiger partial charge is 0.282 e. The minimum atomic E-state index is -4.28. The lowest BCUT2D eigenvalue weighted by Gasteiger charge is -1.93. The number of nitrogens with zero attached hydrogens (tertiary/aromatic N) is 2. The van der Waals surface area contributed by atoms with Gasteiger partial charge in [0.05, 0.1) is 6.07 Å². The molecule has 0 aromatic heterocycles. The summed E-state index contributed by atoms with van der Waals surface area (Å²) in [7, 11) is -4.28. The Labute approximate surface area is 79.3 Å². The molecule has 1 aromatic carbocycles. The molecule has 0 aliphatic rings. The maximum absolute atomic E-state index is 10.6. The summed E-state index contributed by atoms with van der Waals surface area (Å²) in [5.41, 5.74) is -0.114. The molecule has 0 saturated carbocycles. The molecule has 0 aliphatic carbocycles. The predicted octanol–water partition coefficient (Wildman–Crippen LogP) is 2.07. The van der Waals surface area contributed by atoms with Crippen molar-refractivity contribution in [1.29, 1.82) is 5.39 Å². The van der Waals surface area contributed by atoms with E-state index in [4.69, 9.17) is 21.5 Å². The van der Waals surface area contributed by atoms with Gasteiger partial charge in [0.2, 0.25) is 5.39 Å². The zero-order chi connectivity index (χ0) is 10.1. The fourth-order valence-corrected chi connectivity index (χ4v) is 1.39. The number of hydrogen-bond acceptors (Lipinski definition) is 3. The maximum Gasteiger partial charge on any atom is 0.404 e. The van der Waals surface area contributed by atoms with Crippen LogP contribution in [0.1, 0.15) is 0 Å². The Morgan fingerprint density at radius 2 is 2.08 bits per heavy atom. The summed E-state index contributed by atoms with van der Waals surface area (Å²) in [4.78, 5) is 2.37. The van der Waals surface area contributed by atoms with Crippen molar-refractivity contribution in [1.82, 2.24) is 0 Å². The Balaban J connectivity index is 3.41. The third kappa shape index (κ3) is 2.15. The molecule has 0 unspecified atom stereocenters. The highest BCUT2D eigenvalue weighted by Gasteiger charge is 2.18. The van der Waals surface area contributed by atoms with E-state index in [0.29, 0.717) is 0 Å². The molecule has 0 atom stereocenters. The van der Waals surface area contributed by atoms with Gasteiger partial charge in [-0.05, 0) is 12.1 Å². The summed E-state index contributed by atoms with van der Waals surface area (Å²) in [6, 6.07) is 3.27. The number of halogens is 1. The van der Waals surface area contributed by atoms with Crippen molar-refractivity contribution in [3.05, 3.63) is 28.2 Å². The second kappa shape index (κ2) is 3.30. The third-order valence-electron chi connectivity index (χ3n) is 1.32. The monoisotopic (exact) mass is 219 g/mol. The molecule has 1 rings (SSSR count). The molecule has 0 spiro atoms. The van der Waals surface area contributed by atoms with Gasteiger partial charge >= 0.3 is 5.69 Å². The summed E-state index contributed by atoms with van der Waals surface area (Å²) < 4.78 is 29.8. The van der Waals surface area contributed by atoms with Gasteiger partial charge in [0.1, 0.15) is 9.92 Å². The van der Waals surface area contributed by atoms with Gasteiger partial charge in [0, 0.05) is 0 Å². The van der Waals surface area contributed by atoms with Crippen LogP contribution in [0.4, 0.5) is 5.69 Å². The lowest BCUT2D eigenvalue weighted by molar-refractivity contribution is 0.483. The number of benzene rings is 1. The van der Waals surface area contributed by atoms with Crippen molar-refractivity contribution in [2.45, 2.75) is 4.90 Å². The van der Waals surface area contributed by atoms with E-state index >= 15 is 0 Å². The van der Waals surface area contributed by atoms with Gasteiger partial charge < -0.3 is 0 Å². The van der Waals surface area contributed by atoms with Gasteiger partial charge in [-0.25, -0.2) is 0 Å². The minimum absolute atomic E-state index is 0.0925. The Morgan fingerprint density at radius 1 is 1.46 bits per heavy atom. The molecule has 0 radical (unpaired) electrons. The molecule has 0 amide bonds. The van der Waals surface area contributed by atoms with E-state index in [1.807, 2.05) is 0 Å². The molecule has 13 heavy (non-hydrogen) atoms. The van der Waals surface area contributed by atoms with Crippen LogP contribution in [0.5, 0.6) is 0 Å². The molecule has 0 aliphatic heterocycles. The summed E-state index contributed by atoms with van der Waals surface area (Å²) >= 11 is 5.52. The Bertz CT molecular complexity index is 477. The molecule has 5 nitrogen and oxygen atoms in total. The third-order valence-corrected chi connectivity index (χ3v) is 2.49. The van der Waals surface area contributed by atoms with E-state index in [9.17, 15) is 8.42 Å². The van der Waals surface area contributed by atoms with Crippen molar-refractivity contribution in [2.24, 2.45) is 0 Å². The van der Waals surface area contributed by atoms with Crippen molar-refractivity contribution in [2.75, 3.05) is 0 Å². The molecule has 7 heteroatoms. The molecule has 0 bridgehead atoms. The predicted molar refractivity (Wildman–Crippen MR) is 46.0 cm³/mol. The normalized spacial score (nSPS) is 10.8. The van der Waals surface area contributed by atoms with Gasteiger partial charge in [0.15, 0.2) is 4.98 Å². The maximum atomic E-state index is 10.6. The molecule has 0 saturated heterocycles. The fourth-order valence-electron chi connectivity index (χ4n) is 0.730. The topological polar surface area (TPSA) is 82.5 Å². The second-order valence-corrected chi connectivity index (χ2v) is 4.02. The number of diazo groups is 1. The highest BCUT2D eigenvalue weighted by molar-refractivity contribution is 7.85. The Morgan fingerprint density at radius 3 is 2.54 bits per heavy atom. The minimum Gasteiger partial charge on any atom is -0.282 e. The highest BCUT2D eigenvalue weighted by Crippen LogP contribution is 2.27. The van der Waals surface area contributed by atoms with Gasteiger partial charge in [-0.2, -0.15) is 8.42 Å². The fraction of sp³-hybridized carbons (Fsp3) is 0. The summed E-state index contributed by atoms with van der Waals surface area (Å²) in [5, 5.41) is 8.47. The first-order chi connectivity index (χ1) is 5.95. The van der Waals surface area contributed by atoms with Crippen LogP contribution in [0.3, 0.4) is 0 Å². The van der Waals surface area contributed by atoms with Gasteiger partial charge in [-0.15, -0.1) is 0 Å². The molecule has 1 aromatic rings. The van der Waals surface area contributed by atoms with Crippen LogP contribution >= 0.6 is 11.6 Å². The molecule has 0 fully saturated rings. The first-order valence-corrected chi connectivity index (χ1v) is 4.89. The number of hydrogen-bond donors (Lipinski definition) is 1. The van der Waals surface area contributed by atoms with E-state index in [0.717, 1.165) is 12.1 Å². The van der Waals surface area contributed by atoms with Crippen LogP contribution in [0, 0.1) is 5.39 Å². The van der Waals surface area contributed by atoms with Gasteiger partial charge in [0.25, 0.3) is 10.1 Å². The highest BCUT2D eigenvalue weighted by atomic mass is 35.5. The average molecular weight is 220 g/mol. The second-order valence-electron chi connectivity index (χ2n) is 2.19. The van der Waals surface area contributed by atoms with Gasteiger partial charge in [-0.3, -0.25) is 4.55 Å². The zero-order valence-corrected chi connectivity index (χ0v) is 7.75. The van der Waals surface area contributed by atoms with E-state index in [-0.39, 0.29) is 15.6 Å². The van der Waals surface area contributed by atoms with Crippen LogP contribution in [0.2, 0.25) is 5.02 Å². The molecular weight excluding hydrogens is 216 g/mol. The Hall–Kier alpha value is -1.16. The standard InChI is InChI=1S/C6H3ClN2O3S/c7-5-2-1-4(13(10,11)12)3-6(5)9-8/h1-3H/p+1. The molecular formula is C6H4ClN2O3S+. The lowest BCUT2D eigenvalue weighted by Crippen LogP contribution is -1.96. The van der Waals surface area contributed by atoms with Crippen molar-refractivity contribution in [3.63, 3.8) is 0 Å². The molecule has 68 valence electrons. The summed E-state index contributed by atoms with van der Waals surface area (Å²) in [6.07, 6.45) is 0. The lowest BCUT2D eigenvalue weighted by atomic mass is 10.3. The van der Waals surface area contributed by atoms with E-state index < -0.39 is 10.1 Å². The van der Waals surface area contributed by atoms with Crippen LogP contribution in [-0.4, -0.2) is 13.0 Å². The zero-order valence-electron chi connectivity index (χ0n) is 6.18. The van der Waals surface area contributed by atoms with E-state index in [1.165, 1.54) is 6.07 Å². The summed E-state index contributed by atoms with van der Waals surface area (Å²) in [5.74, 6) is 0. The average Bonchev–Trinajstić information content (AvgIpc) is 2.03. The van der Waals surface area contributed by atoms with E-state index in [2.05, 4.69) is 4.98 Å². The number of rotatable bonds is 1. The molecule has 1 N–H and O–H groups in total. The first-order valence-electron chi connectivity index (χ1n) is 3.07. The van der Waals surface area contributed by atoms with Crippen molar-refractivity contribution >= 4 is 27.4 Å². The van der Waals surface area contributed by atoms with Crippen molar-refractivity contribution < 1.29 is 13.0 Å². The van der Waals surface area contributed by atoms with Crippen LogP contribution in [-0.2, 0) is 10.1 Å². The van der Waals surface area contributed by atoms with Gasteiger partial charge in [-0.1, -0.05) is 11.6 Å². The first kappa shape index (κ1) is 9.92. The SMILES string of the molecule is N#[N+]c1cc(S(=O)(=O)O)ccc1Cl. The molecule has 0 heterocycles. The van der Waals surface area contributed by atoms with Crippen molar-refractivity contribution in [3.8, 4) is 0 Å². The van der Waals surface area contributed by atoms with Crippen LogP contribution < -0.4 is 0 Å². The largest absolute Gasteiger partial charge is 0.404 e. The van der Waals surface area contributed by atoms with Crippen LogP contribution in [0.15, 0.2) is 23.1 Å². The summed E-state index contributed by atoms with van der Waals surface area (Å²) in [6.45, 7) is 0. The van der Waals surface area contributed by atoms with E-state index in [1.54, 1.807) is 0 Å².